The summed E-state index contributed by atoms with van der Waals surface area (Å²) in [6, 6.07) is 16.0. The fourth-order valence-electron chi connectivity index (χ4n) is 2.58. The highest BCUT2D eigenvalue weighted by atomic mass is 16.6. The first-order valence-electron chi connectivity index (χ1n) is 6.98. The molecule has 22 heavy (non-hydrogen) atoms. The Morgan fingerprint density at radius 3 is 2.45 bits per heavy atom. The first kappa shape index (κ1) is 14.1. The number of carbonyl (C=O) groups is 2. The van der Waals surface area contributed by atoms with Gasteiger partial charge >= 0.3 is 12.1 Å². The van der Waals surface area contributed by atoms with Gasteiger partial charge in [0.15, 0.2) is 0 Å². The van der Waals surface area contributed by atoms with E-state index in [9.17, 15) is 9.59 Å². The summed E-state index contributed by atoms with van der Waals surface area (Å²) in [5.41, 5.74) is 1.96. The van der Waals surface area contributed by atoms with E-state index < -0.39 is 12.1 Å². The highest BCUT2D eigenvalue weighted by Crippen LogP contribution is 2.25. The van der Waals surface area contributed by atoms with Crippen LogP contribution in [0, 0.1) is 0 Å². The Bertz CT molecular complexity index is 682. The molecule has 0 bridgehead atoms. The molecule has 5 heteroatoms. The summed E-state index contributed by atoms with van der Waals surface area (Å²) in [5.74, 6) is -0.989. The van der Waals surface area contributed by atoms with Crippen molar-refractivity contribution in [2.45, 2.75) is 12.5 Å². The van der Waals surface area contributed by atoms with Crippen LogP contribution >= 0.6 is 0 Å². The Balaban J connectivity index is 1.83. The van der Waals surface area contributed by atoms with E-state index in [0.717, 1.165) is 5.56 Å². The number of carboxylic acid groups (broad SMARTS) is 1. The third-order valence-electron chi connectivity index (χ3n) is 3.67. The zero-order chi connectivity index (χ0) is 15.5. The highest BCUT2D eigenvalue weighted by molar-refractivity contribution is 5.92. The molecule has 1 saturated heterocycles. The number of hydrogen-bond acceptors (Lipinski definition) is 3. The van der Waals surface area contributed by atoms with Gasteiger partial charge in [-0.25, -0.2) is 9.59 Å². The van der Waals surface area contributed by atoms with Crippen LogP contribution in [-0.4, -0.2) is 29.8 Å². The zero-order valence-electron chi connectivity index (χ0n) is 11.8. The first-order valence-corrected chi connectivity index (χ1v) is 6.98. The number of benzene rings is 2. The van der Waals surface area contributed by atoms with E-state index in [1.165, 1.54) is 12.1 Å². The molecule has 0 saturated carbocycles. The Morgan fingerprint density at radius 1 is 1.14 bits per heavy atom. The molecule has 1 aliphatic rings. The number of anilines is 1. The van der Waals surface area contributed by atoms with E-state index >= 15 is 0 Å². The average Bonchev–Trinajstić information content (AvgIpc) is 2.89. The fraction of sp³-hybridized carbons (Fsp3) is 0.176. The second-order valence-corrected chi connectivity index (χ2v) is 5.14. The maximum atomic E-state index is 12.0. The van der Waals surface area contributed by atoms with Crippen molar-refractivity contribution in [1.82, 2.24) is 0 Å². The monoisotopic (exact) mass is 297 g/mol. The Morgan fingerprint density at radius 2 is 1.82 bits per heavy atom. The molecule has 2 aromatic rings. The smallest absolute Gasteiger partial charge is 0.414 e. The largest absolute Gasteiger partial charge is 0.478 e. The molecule has 1 heterocycles. The third-order valence-corrected chi connectivity index (χ3v) is 3.67. The molecule has 0 unspecified atom stereocenters. The normalized spacial score (nSPS) is 17.4. The van der Waals surface area contributed by atoms with Gasteiger partial charge in [-0.05, 0) is 36.2 Å². The van der Waals surface area contributed by atoms with Crippen molar-refractivity contribution >= 4 is 17.7 Å². The molecule has 0 radical (unpaired) electrons. The van der Waals surface area contributed by atoms with Crippen molar-refractivity contribution in [3.05, 3.63) is 65.7 Å². The molecular formula is C17H15NO4. The van der Waals surface area contributed by atoms with E-state index in [0.29, 0.717) is 18.7 Å². The molecule has 5 nitrogen and oxygen atoms in total. The lowest BCUT2D eigenvalue weighted by Gasteiger charge is -2.21. The van der Waals surface area contributed by atoms with Crippen LogP contribution in [0.15, 0.2) is 54.6 Å². The van der Waals surface area contributed by atoms with Gasteiger partial charge in [-0.3, -0.25) is 4.90 Å². The van der Waals surface area contributed by atoms with Crippen LogP contribution in [0.3, 0.4) is 0 Å². The van der Waals surface area contributed by atoms with Crippen molar-refractivity contribution in [2.24, 2.45) is 0 Å². The van der Waals surface area contributed by atoms with Crippen molar-refractivity contribution in [2.75, 3.05) is 11.5 Å². The topological polar surface area (TPSA) is 66.8 Å². The van der Waals surface area contributed by atoms with Gasteiger partial charge in [0.1, 0.15) is 6.61 Å². The first-order chi connectivity index (χ1) is 10.6. The minimum absolute atomic E-state index is 0.0921. The van der Waals surface area contributed by atoms with Crippen LogP contribution in [-0.2, 0) is 11.2 Å². The third kappa shape index (κ3) is 2.79. The Labute approximate surface area is 127 Å². The van der Waals surface area contributed by atoms with Crippen LogP contribution in [0.1, 0.15) is 15.9 Å². The minimum atomic E-state index is -0.989. The van der Waals surface area contributed by atoms with Gasteiger partial charge in [0, 0.05) is 5.69 Å². The van der Waals surface area contributed by atoms with Gasteiger partial charge < -0.3 is 9.84 Å². The molecule has 1 N–H and O–H groups in total. The summed E-state index contributed by atoms with van der Waals surface area (Å²) in [6.45, 7) is 0.328. The predicted octanol–water partition coefficient (Wildman–Crippen LogP) is 2.95. The maximum absolute atomic E-state index is 12.0. The number of ether oxygens (including phenoxy) is 1. The van der Waals surface area contributed by atoms with E-state index in [1.807, 2.05) is 30.3 Å². The molecule has 1 aliphatic heterocycles. The number of amides is 1. The minimum Gasteiger partial charge on any atom is -0.478 e. The Kier molecular flexibility index (Phi) is 3.78. The lowest BCUT2D eigenvalue weighted by atomic mass is 10.1. The lowest BCUT2D eigenvalue weighted by Crippen LogP contribution is -2.35. The van der Waals surface area contributed by atoms with Crippen LogP contribution in [0.2, 0.25) is 0 Å². The molecule has 1 amide bonds. The second kappa shape index (κ2) is 5.89. The van der Waals surface area contributed by atoms with Crippen LogP contribution in [0.5, 0.6) is 0 Å². The molecule has 3 rings (SSSR count). The Hall–Kier alpha value is -2.82. The number of nitrogens with zero attached hydrogens (tertiary/aromatic N) is 1. The summed E-state index contributed by atoms with van der Waals surface area (Å²) in [6.07, 6.45) is 0.289. The van der Waals surface area contributed by atoms with Crippen LogP contribution < -0.4 is 4.90 Å². The summed E-state index contributed by atoms with van der Waals surface area (Å²) in [5, 5.41) is 8.93. The summed E-state index contributed by atoms with van der Waals surface area (Å²) < 4.78 is 5.15. The van der Waals surface area contributed by atoms with E-state index in [-0.39, 0.29) is 11.6 Å². The fourth-order valence-corrected chi connectivity index (χ4v) is 2.58. The SMILES string of the molecule is O=C(O)c1ccc(N2C(=O)OC[C@@H]2Cc2ccccc2)cc1. The van der Waals surface area contributed by atoms with Gasteiger partial charge in [-0.2, -0.15) is 0 Å². The molecule has 0 aromatic heterocycles. The number of hydrogen-bond donors (Lipinski definition) is 1. The van der Waals surface area contributed by atoms with Crippen LogP contribution in [0.4, 0.5) is 10.5 Å². The van der Waals surface area contributed by atoms with E-state index in [4.69, 9.17) is 9.84 Å². The molecule has 112 valence electrons. The summed E-state index contributed by atoms with van der Waals surface area (Å²) in [7, 11) is 0. The molecular weight excluding hydrogens is 282 g/mol. The number of rotatable bonds is 4. The quantitative estimate of drug-likeness (QED) is 0.942. The average molecular weight is 297 g/mol. The molecule has 0 spiro atoms. The molecule has 0 aliphatic carbocycles. The van der Waals surface area contributed by atoms with Gasteiger partial charge in [0.25, 0.3) is 0 Å². The van der Waals surface area contributed by atoms with Gasteiger partial charge in [-0.15, -0.1) is 0 Å². The summed E-state index contributed by atoms with van der Waals surface area (Å²) in [4.78, 5) is 24.5. The summed E-state index contributed by atoms with van der Waals surface area (Å²) >= 11 is 0. The molecule has 1 atom stereocenters. The van der Waals surface area contributed by atoms with Crippen LogP contribution in [0.25, 0.3) is 0 Å². The van der Waals surface area contributed by atoms with Crippen molar-refractivity contribution in [3.63, 3.8) is 0 Å². The standard InChI is InChI=1S/C17H15NO4/c19-16(20)13-6-8-14(9-7-13)18-15(11-22-17(18)21)10-12-4-2-1-3-5-12/h1-9,15H,10-11H2,(H,19,20)/t15-/m0/s1. The number of carboxylic acids is 1. The molecule has 2 aromatic carbocycles. The van der Waals surface area contributed by atoms with Gasteiger partial charge in [0.05, 0.1) is 11.6 Å². The second-order valence-electron chi connectivity index (χ2n) is 5.14. The van der Waals surface area contributed by atoms with Crippen molar-refractivity contribution in [1.29, 1.82) is 0 Å². The number of cyclic esters (lactones) is 1. The highest BCUT2D eigenvalue weighted by Gasteiger charge is 2.34. The lowest BCUT2D eigenvalue weighted by molar-refractivity contribution is 0.0697. The zero-order valence-corrected chi connectivity index (χ0v) is 11.8. The van der Waals surface area contributed by atoms with Gasteiger partial charge in [0.2, 0.25) is 0 Å². The maximum Gasteiger partial charge on any atom is 0.414 e. The predicted molar refractivity (Wildman–Crippen MR) is 81.2 cm³/mol. The van der Waals surface area contributed by atoms with Crippen molar-refractivity contribution < 1.29 is 19.4 Å². The van der Waals surface area contributed by atoms with Gasteiger partial charge in [-0.1, -0.05) is 30.3 Å². The number of carbonyl (C=O) groups excluding carboxylic acids is 1. The molecule has 1 fully saturated rings. The number of aromatic carboxylic acids is 1. The van der Waals surface area contributed by atoms with E-state index in [1.54, 1.807) is 17.0 Å². The van der Waals surface area contributed by atoms with E-state index in [2.05, 4.69) is 0 Å². The van der Waals surface area contributed by atoms with Crippen molar-refractivity contribution in [3.8, 4) is 0 Å².